The van der Waals surface area contributed by atoms with Crippen LogP contribution in [0.3, 0.4) is 0 Å². The zero-order chi connectivity index (χ0) is 46.8. The van der Waals surface area contributed by atoms with Gasteiger partial charge in [-0.2, -0.15) is 0 Å². The van der Waals surface area contributed by atoms with Crippen molar-refractivity contribution >= 4 is 49.5 Å². The van der Waals surface area contributed by atoms with Crippen molar-refractivity contribution in [1.29, 1.82) is 0 Å². The fraction of sp³-hybridized carbons (Fsp3) is 0.0441. The van der Waals surface area contributed by atoms with E-state index in [1.165, 1.54) is 66.1 Å². The number of nitrogens with zero attached hydrogens (tertiary/aromatic N) is 2. The summed E-state index contributed by atoms with van der Waals surface area (Å²) < 4.78 is 0. The number of hydrogen-bond donors (Lipinski definition) is 0. The highest BCUT2D eigenvalue weighted by Crippen LogP contribution is 2.50. The molecule has 1 aromatic heterocycles. The van der Waals surface area contributed by atoms with Crippen LogP contribution in [0.4, 0.5) is 17.1 Å². The summed E-state index contributed by atoms with van der Waals surface area (Å²) in [5.74, 6) is 0. The Kier molecular flexibility index (Phi) is 9.88. The molecule has 1 aliphatic carbocycles. The van der Waals surface area contributed by atoms with Gasteiger partial charge in [0.25, 0.3) is 0 Å². The van der Waals surface area contributed by atoms with Crippen molar-refractivity contribution in [2.45, 2.75) is 19.3 Å². The number of benzene rings is 11. The Balaban J connectivity index is 0.969. The number of hydrogen-bond acceptors (Lipinski definition) is 2. The molecular weight excluding hydrogens is 845 g/mol. The molecule has 0 aliphatic heterocycles. The van der Waals surface area contributed by atoms with Gasteiger partial charge in [0.2, 0.25) is 0 Å². The minimum Gasteiger partial charge on any atom is -0.311 e. The van der Waals surface area contributed by atoms with E-state index in [1.807, 2.05) is 0 Å². The van der Waals surface area contributed by atoms with Crippen LogP contribution in [0.2, 0.25) is 0 Å². The number of para-hydroxylation sites is 3. The minimum atomic E-state index is -0.133. The van der Waals surface area contributed by atoms with E-state index in [0.29, 0.717) is 0 Å². The molecule has 2 nitrogen and oxygen atoms in total. The van der Waals surface area contributed by atoms with Crippen LogP contribution in [0.15, 0.2) is 255 Å². The molecule has 0 N–H and O–H groups in total. The first-order valence-electron chi connectivity index (χ1n) is 24.3. The van der Waals surface area contributed by atoms with E-state index >= 15 is 0 Å². The lowest BCUT2D eigenvalue weighted by atomic mass is 9.82. The zero-order valence-corrected chi connectivity index (χ0v) is 39.1. The lowest BCUT2D eigenvalue weighted by Gasteiger charge is -2.25. The molecule has 1 aliphatic rings. The fourth-order valence-electron chi connectivity index (χ4n) is 11.3. The highest BCUT2D eigenvalue weighted by atomic mass is 15.1. The van der Waals surface area contributed by atoms with Gasteiger partial charge in [-0.15, -0.1) is 0 Å². The average molecular weight is 893 g/mol. The summed E-state index contributed by atoms with van der Waals surface area (Å²) in [7, 11) is 0. The van der Waals surface area contributed by atoms with Crippen molar-refractivity contribution in [2.24, 2.45) is 0 Å². The Morgan fingerprint density at radius 2 is 0.729 bits per heavy atom. The second kappa shape index (κ2) is 16.7. The van der Waals surface area contributed by atoms with Gasteiger partial charge in [0, 0.05) is 39.0 Å². The maximum atomic E-state index is 5.65. The van der Waals surface area contributed by atoms with Crippen molar-refractivity contribution in [3.8, 4) is 66.9 Å². The molecule has 0 amide bonds. The second-order valence-electron chi connectivity index (χ2n) is 19.0. The number of pyridine rings is 1. The lowest BCUT2D eigenvalue weighted by molar-refractivity contribution is 0.660. The summed E-state index contributed by atoms with van der Waals surface area (Å²) in [6.45, 7) is 4.70. The van der Waals surface area contributed by atoms with E-state index < -0.39 is 0 Å². The van der Waals surface area contributed by atoms with E-state index in [2.05, 4.69) is 274 Å². The predicted octanol–water partition coefficient (Wildman–Crippen LogP) is 18.7. The SMILES string of the molecule is CC1(C)c2ccccc2-c2ccc(-c3cc(-c4ccc(N(c5ccccc5)c5ccccc5)cc4)c4cccc(-c5ccc(-c6c7ccccc7c(-c7ccccc7)c7ccccc67)cc5)c4n3)cc21. The summed E-state index contributed by atoms with van der Waals surface area (Å²) in [4.78, 5) is 7.96. The van der Waals surface area contributed by atoms with Gasteiger partial charge in [0.1, 0.15) is 0 Å². The number of aromatic nitrogens is 1. The summed E-state index contributed by atoms with van der Waals surface area (Å²) >= 11 is 0. The maximum absolute atomic E-state index is 5.65. The first-order valence-corrected chi connectivity index (χ1v) is 24.3. The molecule has 70 heavy (non-hydrogen) atoms. The van der Waals surface area contributed by atoms with Crippen LogP contribution in [-0.4, -0.2) is 4.98 Å². The van der Waals surface area contributed by atoms with Crippen molar-refractivity contribution in [2.75, 3.05) is 4.90 Å². The molecule has 0 fully saturated rings. The Morgan fingerprint density at radius 3 is 1.34 bits per heavy atom. The van der Waals surface area contributed by atoms with Crippen LogP contribution in [-0.2, 0) is 5.41 Å². The molecule has 11 aromatic carbocycles. The largest absolute Gasteiger partial charge is 0.311 e. The Bertz CT molecular complexity index is 3830. The quantitative estimate of drug-likeness (QED) is 0.141. The van der Waals surface area contributed by atoms with Crippen molar-refractivity contribution in [3.63, 3.8) is 0 Å². The molecule has 13 rings (SSSR count). The molecule has 0 radical (unpaired) electrons. The zero-order valence-electron chi connectivity index (χ0n) is 39.1. The van der Waals surface area contributed by atoms with Gasteiger partial charge in [-0.1, -0.05) is 220 Å². The average Bonchev–Trinajstić information content (AvgIpc) is 3.65. The van der Waals surface area contributed by atoms with Crippen LogP contribution in [0.5, 0.6) is 0 Å². The van der Waals surface area contributed by atoms with Crippen molar-refractivity contribution in [3.05, 3.63) is 266 Å². The van der Waals surface area contributed by atoms with Gasteiger partial charge in [-0.3, -0.25) is 0 Å². The van der Waals surface area contributed by atoms with Crippen molar-refractivity contribution < 1.29 is 0 Å². The van der Waals surface area contributed by atoms with Crippen LogP contribution >= 0.6 is 0 Å². The molecule has 1 heterocycles. The minimum absolute atomic E-state index is 0.133. The van der Waals surface area contributed by atoms with E-state index in [-0.39, 0.29) is 5.41 Å². The third-order valence-corrected chi connectivity index (χ3v) is 14.7. The molecule has 0 saturated carbocycles. The standard InChI is InChI=1S/C68H48N2/c1-68(2)62-32-17-16-25-54(62)55-42-39-49(43-63(55)68)64-44-61(46-37-40-52(41-38-46)70(50-21-8-4-9-22-50)51-23-10-5-11-24-51)60-31-18-30-53(67(60)69-64)45-33-35-48(36-34-45)66-58-28-14-12-26-56(58)65(47-19-6-3-7-20-47)57-27-13-15-29-59(57)66/h3-44H,1-2H3. The topological polar surface area (TPSA) is 16.1 Å². The van der Waals surface area contributed by atoms with E-state index in [4.69, 9.17) is 4.98 Å². The highest BCUT2D eigenvalue weighted by molar-refractivity contribution is 6.21. The molecule has 0 spiro atoms. The first-order chi connectivity index (χ1) is 34.5. The van der Waals surface area contributed by atoms with Crippen LogP contribution in [0, 0.1) is 0 Å². The lowest BCUT2D eigenvalue weighted by Crippen LogP contribution is -2.14. The first kappa shape index (κ1) is 41.3. The Labute approximate surface area is 409 Å². The molecular formula is C68H48N2. The smallest absolute Gasteiger partial charge is 0.0794 e. The van der Waals surface area contributed by atoms with Crippen LogP contribution < -0.4 is 4.90 Å². The number of rotatable bonds is 8. The van der Waals surface area contributed by atoms with Gasteiger partial charge >= 0.3 is 0 Å². The number of anilines is 3. The monoisotopic (exact) mass is 892 g/mol. The van der Waals surface area contributed by atoms with E-state index in [9.17, 15) is 0 Å². The Hall–Kier alpha value is -8.85. The maximum Gasteiger partial charge on any atom is 0.0794 e. The van der Waals surface area contributed by atoms with Gasteiger partial charge in [0.05, 0.1) is 11.2 Å². The van der Waals surface area contributed by atoms with Gasteiger partial charge in [-0.25, -0.2) is 4.98 Å². The van der Waals surface area contributed by atoms with Crippen LogP contribution in [0.1, 0.15) is 25.0 Å². The third kappa shape index (κ3) is 6.83. The molecule has 330 valence electrons. The fourth-order valence-corrected chi connectivity index (χ4v) is 11.3. The molecule has 0 unspecified atom stereocenters. The molecule has 0 saturated heterocycles. The highest BCUT2D eigenvalue weighted by Gasteiger charge is 2.35. The van der Waals surface area contributed by atoms with E-state index in [0.717, 1.165) is 61.5 Å². The van der Waals surface area contributed by atoms with E-state index in [1.54, 1.807) is 0 Å². The third-order valence-electron chi connectivity index (χ3n) is 14.7. The molecule has 0 bridgehead atoms. The molecule has 2 heteroatoms. The van der Waals surface area contributed by atoms with Gasteiger partial charge < -0.3 is 4.90 Å². The molecule has 0 atom stereocenters. The van der Waals surface area contributed by atoms with Gasteiger partial charge in [-0.05, 0) is 131 Å². The summed E-state index contributed by atoms with van der Waals surface area (Å²) in [6.07, 6.45) is 0. The van der Waals surface area contributed by atoms with Crippen molar-refractivity contribution in [1.82, 2.24) is 4.98 Å². The summed E-state index contributed by atoms with van der Waals surface area (Å²) in [6, 6.07) is 92.8. The summed E-state index contributed by atoms with van der Waals surface area (Å²) in [5.41, 5.74) is 21.0. The van der Waals surface area contributed by atoms with Gasteiger partial charge in [0.15, 0.2) is 0 Å². The predicted molar refractivity (Wildman–Crippen MR) is 296 cm³/mol. The van der Waals surface area contributed by atoms with Crippen LogP contribution in [0.25, 0.3) is 99.3 Å². The Morgan fingerprint density at radius 1 is 0.300 bits per heavy atom. The summed E-state index contributed by atoms with van der Waals surface area (Å²) in [5, 5.41) is 6.12. The normalized spacial score (nSPS) is 12.5. The molecule has 12 aromatic rings. The second-order valence-corrected chi connectivity index (χ2v) is 19.0. The number of fused-ring (bicyclic) bond motifs is 6.